The number of esters is 1. The zero-order valence-electron chi connectivity index (χ0n) is 11.0. The summed E-state index contributed by atoms with van der Waals surface area (Å²) in [6, 6.07) is 6.08. The van der Waals surface area contributed by atoms with Gasteiger partial charge in [-0.15, -0.1) is 0 Å². The minimum Gasteiger partial charge on any atom is -0.422 e. The van der Waals surface area contributed by atoms with Crippen molar-refractivity contribution < 1.29 is 22.7 Å². The lowest BCUT2D eigenvalue weighted by molar-refractivity contribution is -0.144. The Bertz CT molecular complexity index is 678. The van der Waals surface area contributed by atoms with E-state index in [-0.39, 0.29) is 5.69 Å². The van der Waals surface area contributed by atoms with Crippen LogP contribution in [0.3, 0.4) is 0 Å². The van der Waals surface area contributed by atoms with Gasteiger partial charge in [-0.05, 0) is 31.2 Å². The molecular formula is C13H10ClF3N2O2. The molecule has 2 aromatic rings. The summed E-state index contributed by atoms with van der Waals surface area (Å²) in [5, 5.41) is 3.95. The molecule has 0 saturated carbocycles. The second-order valence-electron chi connectivity index (χ2n) is 4.24. The number of aromatic nitrogens is 2. The maximum Gasteiger partial charge on any atom is 0.438 e. The second kappa shape index (κ2) is 5.40. The number of alkyl halides is 3. The van der Waals surface area contributed by atoms with E-state index in [9.17, 15) is 18.0 Å². The first-order chi connectivity index (χ1) is 9.70. The minimum atomic E-state index is -4.73. The van der Waals surface area contributed by atoms with Gasteiger partial charge in [0.05, 0.1) is 11.4 Å². The van der Waals surface area contributed by atoms with Crippen LogP contribution in [0.1, 0.15) is 18.3 Å². The van der Waals surface area contributed by atoms with Gasteiger partial charge in [-0.2, -0.15) is 18.3 Å². The van der Waals surface area contributed by atoms with E-state index in [1.165, 1.54) is 31.2 Å². The van der Waals surface area contributed by atoms with Crippen molar-refractivity contribution in [3.05, 3.63) is 40.7 Å². The fraction of sp³-hybridized carbons (Fsp3) is 0.231. The first-order valence-electron chi connectivity index (χ1n) is 5.81. The van der Waals surface area contributed by atoms with Crippen molar-refractivity contribution in [3.8, 4) is 11.4 Å². The standard InChI is InChI=1S/C13H10ClF3N2O2/c1-7-11(21-8(2)20)12(13(15,16)17)18-19(7)10-5-3-9(14)4-6-10/h3-6H,1-2H3. The van der Waals surface area contributed by atoms with Crippen molar-refractivity contribution in [3.63, 3.8) is 0 Å². The van der Waals surface area contributed by atoms with Crippen LogP contribution < -0.4 is 4.74 Å². The number of rotatable bonds is 2. The summed E-state index contributed by atoms with van der Waals surface area (Å²) in [5.41, 5.74) is -0.800. The number of nitrogens with zero attached hydrogens (tertiary/aromatic N) is 2. The Hall–Kier alpha value is -2.02. The van der Waals surface area contributed by atoms with E-state index in [4.69, 9.17) is 11.6 Å². The molecule has 1 aromatic carbocycles. The Morgan fingerprint density at radius 2 is 1.86 bits per heavy atom. The highest BCUT2D eigenvalue weighted by atomic mass is 35.5. The van der Waals surface area contributed by atoms with E-state index in [1.54, 1.807) is 0 Å². The molecule has 0 aliphatic heterocycles. The first kappa shape index (κ1) is 15.4. The molecule has 0 saturated heterocycles. The molecule has 0 spiro atoms. The number of halogens is 4. The maximum absolute atomic E-state index is 13.0. The van der Waals surface area contributed by atoms with Crippen molar-refractivity contribution in [2.45, 2.75) is 20.0 Å². The van der Waals surface area contributed by atoms with Crippen LogP contribution in [0.15, 0.2) is 24.3 Å². The molecule has 0 radical (unpaired) electrons. The van der Waals surface area contributed by atoms with Crippen LogP contribution in [0.5, 0.6) is 5.75 Å². The van der Waals surface area contributed by atoms with E-state index < -0.39 is 23.6 Å². The molecule has 0 unspecified atom stereocenters. The third-order valence-corrected chi connectivity index (χ3v) is 2.90. The lowest BCUT2D eigenvalue weighted by atomic mass is 10.3. The molecule has 0 aliphatic rings. The summed E-state index contributed by atoms with van der Waals surface area (Å²) in [4.78, 5) is 11.0. The molecule has 1 heterocycles. The van der Waals surface area contributed by atoms with Gasteiger partial charge in [0.2, 0.25) is 5.69 Å². The van der Waals surface area contributed by atoms with Gasteiger partial charge in [0.1, 0.15) is 0 Å². The zero-order valence-corrected chi connectivity index (χ0v) is 11.8. The van der Waals surface area contributed by atoms with E-state index in [1.807, 2.05) is 0 Å². The summed E-state index contributed by atoms with van der Waals surface area (Å²) in [5.74, 6) is -1.44. The average Bonchev–Trinajstić information content (AvgIpc) is 2.68. The second-order valence-corrected chi connectivity index (χ2v) is 4.68. The van der Waals surface area contributed by atoms with E-state index >= 15 is 0 Å². The molecule has 2 rings (SSSR count). The summed E-state index contributed by atoms with van der Waals surface area (Å²) >= 11 is 5.74. The van der Waals surface area contributed by atoms with Gasteiger partial charge in [-0.1, -0.05) is 11.6 Å². The van der Waals surface area contributed by atoms with E-state index in [2.05, 4.69) is 9.84 Å². The largest absolute Gasteiger partial charge is 0.438 e. The zero-order chi connectivity index (χ0) is 15.8. The van der Waals surface area contributed by atoms with E-state index in [0.717, 1.165) is 11.6 Å². The van der Waals surface area contributed by atoms with Gasteiger partial charge in [-0.3, -0.25) is 4.79 Å². The van der Waals surface area contributed by atoms with Crippen LogP contribution in [0.4, 0.5) is 13.2 Å². The normalized spacial score (nSPS) is 11.5. The molecule has 0 aliphatic carbocycles. The van der Waals surface area contributed by atoms with Crippen molar-refractivity contribution in [1.29, 1.82) is 0 Å². The predicted molar refractivity (Wildman–Crippen MR) is 69.6 cm³/mol. The average molecular weight is 319 g/mol. The molecule has 0 fully saturated rings. The van der Waals surface area contributed by atoms with Crippen molar-refractivity contribution in [2.75, 3.05) is 0 Å². The van der Waals surface area contributed by atoms with Gasteiger partial charge < -0.3 is 4.74 Å². The number of hydrogen-bond acceptors (Lipinski definition) is 3. The molecular weight excluding hydrogens is 309 g/mol. The third kappa shape index (κ3) is 3.18. The van der Waals surface area contributed by atoms with Crippen LogP contribution in [-0.2, 0) is 11.0 Å². The van der Waals surface area contributed by atoms with Crippen LogP contribution in [-0.4, -0.2) is 15.7 Å². The Labute approximate surface area is 123 Å². The predicted octanol–water partition coefficient (Wildman–Crippen LogP) is 3.78. The van der Waals surface area contributed by atoms with Crippen LogP contribution >= 0.6 is 11.6 Å². The van der Waals surface area contributed by atoms with Crippen LogP contribution in [0, 0.1) is 6.92 Å². The van der Waals surface area contributed by atoms with Crippen molar-refractivity contribution in [2.24, 2.45) is 0 Å². The van der Waals surface area contributed by atoms with Gasteiger partial charge >= 0.3 is 12.1 Å². The van der Waals surface area contributed by atoms with Gasteiger partial charge in [0.15, 0.2) is 5.75 Å². The Morgan fingerprint density at radius 1 is 1.29 bits per heavy atom. The van der Waals surface area contributed by atoms with Crippen LogP contribution in [0.25, 0.3) is 5.69 Å². The lowest BCUT2D eigenvalue weighted by Gasteiger charge is -2.06. The van der Waals surface area contributed by atoms with Gasteiger partial charge in [-0.25, -0.2) is 4.68 Å². The topological polar surface area (TPSA) is 44.1 Å². The highest BCUT2D eigenvalue weighted by Gasteiger charge is 2.40. The quantitative estimate of drug-likeness (QED) is 0.792. The molecule has 0 N–H and O–H groups in total. The Balaban J connectivity index is 2.60. The minimum absolute atomic E-state index is 0.0693. The molecule has 8 heteroatoms. The number of hydrogen-bond donors (Lipinski definition) is 0. The summed E-state index contributed by atoms with van der Waals surface area (Å²) in [6.07, 6.45) is -4.73. The fourth-order valence-corrected chi connectivity index (χ4v) is 1.90. The van der Waals surface area contributed by atoms with Gasteiger partial charge in [0.25, 0.3) is 0 Å². The van der Waals surface area contributed by atoms with Crippen molar-refractivity contribution >= 4 is 17.6 Å². The van der Waals surface area contributed by atoms with E-state index in [0.29, 0.717) is 10.7 Å². The summed E-state index contributed by atoms with van der Waals surface area (Å²) in [6.45, 7) is 2.41. The molecule has 21 heavy (non-hydrogen) atoms. The molecule has 112 valence electrons. The Kier molecular flexibility index (Phi) is 3.95. The smallest absolute Gasteiger partial charge is 0.422 e. The molecule has 0 atom stereocenters. The summed E-state index contributed by atoms with van der Waals surface area (Å²) < 4.78 is 44.7. The molecule has 0 bridgehead atoms. The fourth-order valence-electron chi connectivity index (χ4n) is 1.77. The number of carbonyl (C=O) groups is 1. The Morgan fingerprint density at radius 3 is 2.33 bits per heavy atom. The number of carbonyl (C=O) groups excluding carboxylic acids is 1. The van der Waals surface area contributed by atoms with Gasteiger partial charge in [0, 0.05) is 11.9 Å². The monoisotopic (exact) mass is 318 g/mol. The number of ether oxygens (including phenoxy) is 1. The molecule has 0 amide bonds. The molecule has 1 aromatic heterocycles. The van der Waals surface area contributed by atoms with Crippen molar-refractivity contribution in [1.82, 2.24) is 9.78 Å². The third-order valence-electron chi connectivity index (χ3n) is 2.65. The molecule has 4 nitrogen and oxygen atoms in total. The van der Waals surface area contributed by atoms with Crippen LogP contribution in [0.2, 0.25) is 5.02 Å². The SMILES string of the molecule is CC(=O)Oc1c(C(F)(F)F)nn(-c2ccc(Cl)cc2)c1C. The summed E-state index contributed by atoms with van der Waals surface area (Å²) in [7, 11) is 0. The lowest BCUT2D eigenvalue weighted by Crippen LogP contribution is -2.11. The number of benzene rings is 1. The maximum atomic E-state index is 13.0. The highest BCUT2D eigenvalue weighted by Crippen LogP contribution is 2.38. The highest BCUT2D eigenvalue weighted by molar-refractivity contribution is 6.30. The first-order valence-corrected chi connectivity index (χ1v) is 6.19.